The van der Waals surface area contributed by atoms with Crippen molar-refractivity contribution in [3.8, 4) is 0 Å². The minimum Gasteiger partial charge on any atom is -0.342 e. The maximum absolute atomic E-state index is 13.0. The Balaban J connectivity index is 1.85. The minimum absolute atomic E-state index is 0.286. The Bertz CT molecular complexity index is 1120. The van der Waals surface area contributed by atoms with Gasteiger partial charge in [0.25, 0.3) is 5.91 Å². The van der Waals surface area contributed by atoms with Crippen molar-refractivity contribution in [3.05, 3.63) is 87.1 Å². The summed E-state index contributed by atoms with van der Waals surface area (Å²) in [6, 6.07) is 12.2. The molecular formula is C24H25Cl3N4OS. The highest BCUT2D eigenvalue weighted by Crippen LogP contribution is 2.28. The van der Waals surface area contributed by atoms with Crippen molar-refractivity contribution in [1.29, 1.82) is 0 Å². The smallest absolute Gasteiger partial charge is 0.253 e. The average Bonchev–Trinajstić information content (AvgIpc) is 3.15. The van der Waals surface area contributed by atoms with E-state index in [1.165, 1.54) is 0 Å². The van der Waals surface area contributed by atoms with Crippen LogP contribution in [0.2, 0.25) is 15.1 Å². The number of rotatable bonds is 10. The molecule has 174 valence electrons. The lowest BCUT2D eigenvalue weighted by Gasteiger charge is -2.21. The number of benzene rings is 2. The van der Waals surface area contributed by atoms with Crippen molar-refractivity contribution in [2.75, 3.05) is 0 Å². The molecule has 0 radical (unpaired) electrons. The number of allylic oxidation sites excluding steroid dienone is 1. The molecule has 1 atom stereocenters. The second-order valence-electron chi connectivity index (χ2n) is 7.93. The van der Waals surface area contributed by atoms with Crippen LogP contribution in [-0.4, -0.2) is 20.7 Å². The lowest BCUT2D eigenvalue weighted by Crippen LogP contribution is -2.32. The van der Waals surface area contributed by atoms with Crippen LogP contribution in [0.3, 0.4) is 0 Å². The molecule has 0 unspecified atom stereocenters. The van der Waals surface area contributed by atoms with Crippen LogP contribution in [0, 0.1) is 5.92 Å². The first-order chi connectivity index (χ1) is 15.8. The van der Waals surface area contributed by atoms with Gasteiger partial charge in [-0.1, -0.05) is 78.6 Å². The summed E-state index contributed by atoms with van der Waals surface area (Å²) in [5, 5.41) is 14.2. The summed E-state index contributed by atoms with van der Waals surface area (Å²) < 4.78 is 1.99. The fraction of sp³-hybridized carbons (Fsp3) is 0.292. The zero-order valence-electron chi connectivity index (χ0n) is 18.4. The van der Waals surface area contributed by atoms with E-state index in [1.807, 2.05) is 28.8 Å². The van der Waals surface area contributed by atoms with Gasteiger partial charge in [-0.15, -0.1) is 16.8 Å². The molecule has 0 aliphatic rings. The Hall–Kier alpha value is -1.99. The first-order valence-electron chi connectivity index (χ1n) is 10.5. The molecule has 0 aliphatic carbocycles. The molecule has 0 bridgehead atoms. The molecule has 1 N–H and O–H groups in total. The van der Waals surface area contributed by atoms with E-state index in [1.54, 1.807) is 36.0 Å². The number of carbonyl (C=O) groups is 1. The predicted molar refractivity (Wildman–Crippen MR) is 137 cm³/mol. The maximum atomic E-state index is 13.0. The van der Waals surface area contributed by atoms with Crippen LogP contribution in [0.25, 0.3) is 0 Å². The molecule has 0 fully saturated rings. The second-order valence-corrected chi connectivity index (χ2v) is 10.2. The van der Waals surface area contributed by atoms with Crippen LogP contribution in [-0.2, 0) is 12.3 Å². The summed E-state index contributed by atoms with van der Waals surface area (Å²) in [6.07, 6.45) is 2.48. The lowest BCUT2D eigenvalue weighted by atomic mass is 10.0. The highest BCUT2D eigenvalue weighted by molar-refractivity contribution is 7.98. The third kappa shape index (κ3) is 7.00. The molecule has 0 aliphatic heterocycles. The van der Waals surface area contributed by atoms with E-state index in [2.05, 4.69) is 35.9 Å². The van der Waals surface area contributed by atoms with Gasteiger partial charge in [0.15, 0.2) is 11.0 Å². The summed E-state index contributed by atoms with van der Waals surface area (Å²) >= 11 is 19.8. The van der Waals surface area contributed by atoms with E-state index < -0.39 is 0 Å². The monoisotopic (exact) mass is 522 g/mol. The van der Waals surface area contributed by atoms with Gasteiger partial charge in [0.1, 0.15) is 0 Å². The summed E-state index contributed by atoms with van der Waals surface area (Å²) in [6.45, 7) is 8.59. The average molecular weight is 524 g/mol. The van der Waals surface area contributed by atoms with Gasteiger partial charge >= 0.3 is 0 Å². The number of thioether (sulfide) groups is 1. The fourth-order valence-corrected chi connectivity index (χ4v) is 4.83. The summed E-state index contributed by atoms with van der Waals surface area (Å²) in [5.74, 6) is 1.43. The van der Waals surface area contributed by atoms with Gasteiger partial charge in [-0.25, -0.2) is 0 Å². The van der Waals surface area contributed by atoms with E-state index in [4.69, 9.17) is 34.8 Å². The zero-order valence-corrected chi connectivity index (χ0v) is 21.5. The van der Waals surface area contributed by atoms with Gasteiger partial charge in [-0.3, -0.25) is 4.79 Å². The van der Waals surface area contributed by atoms with E-state index in [0.29, 0.717) is 51.1 Å². The Labute approximate surface area is 213 Å². The topological polar surface area (TPSA) is 59.8 Å². The lowest BCUT2D eigenvalue weighted by molar-refractivity contribution is 0.0929. The molecule has 0 saturated heterocycles. The van der Waals surface area contributed by atoms with Gasteiger partial charge in [-0.2, -0.15) is 0 Å². The standard InChI is InChI=1S/C24H25Cl3N4OS/c1-4-11-31-22(29-30-24(31)33-14-16-5-7-17(25)8-6-16)21(12-15(2)3)28-23(32)19-10-9-18(26)13-20(19)27/h4-10,13,15,21H,1,11-12,14H2,2-3H3,(H,28,32)/t21-/m0/s1. The molecule has 0 saturated carbocycles. The van der Waals surface area contributed by atoms with E-state index >= 15 is 0 Å². The first-order valence-corrected chi connectivity index (χ1v) is 12.6. The number of nitrogens with zero attached hydrogens (tertiary/aromatic N) is 3. The predicted octanol–water partition coefficient (Wildman–Crippen LogP) is 7.23. The van der Waals surface area contributed by atoms with Gasteiger partial charge in [0.2, 0.25) is 0 Å². The van der Waals surface area contributed by atoms with Crippen LogP contribution in [0.1, 0.15) is 48.1 Å². The van der Waals surface area contributed by atoms with Crippen molar-refractivity contribution in [1.82, 2.24) is 20.1 Å². The van der Waals surface area contributed by atoms with E-state index in [9.17, 15) is 4.79 Å². The second kappa shape index (κ2) is 11.9. The minimum atomic E-state index is -0.346. The number of nitrogens with one attached hydrogen (secondary N) is 1. The molecule has 1 aromatic heterocycles. The highest BCUT2D eigenvalue weighted by Gasteiger charge is 2.25. The number of hydrogen-bond acceptors (Lipinski definition) is 4. The van der Waals surface area contributed by atoms with Crippen molar-refractivity contribution < 1.29 is 4.79 Å². The molecule has 1 amide bonds. The highest BCUT2D eigenvalue weighted by atomic mass is 35.5. The largest absolute Gasteiger partial charge is 0.342 e. The molecule has 3 aromatic rings. The molecule has 5 nitrogen and oxygen atoms in total. The Morgan fingerprint density at radius 3 is 2.45 bits per heavy atom. The van der Waals surface area contributed by atoms with E-state index in [0.717, 1.165) is 10.7 Å². The number of hydrogen-bond donors (Lipinski definition) is 1. The molecule has 3 rings (SSSR count). The first kappa shape index (κ1) is 25.6. The number of amides is 1. The van der Waals surface area contributed by atoms with Gasteiger partial charge in [0.05, 0.1) is 16.6 Å². The van der Waals surface area contributed by atoms with Crippen LogP contribution < -0.4 is 5.32 Å². The normalized spacial score (nSPS) is 12.1. The Morgan fingerprint density at radius 1 is 1.12 bits per heavy atom. The van der Waals surface area contributed by atoms with Crippen molar-refractivity contribution >= 4 is 52.5 Å². The zero-order chi connectivity index (χ0) is 24.0. The van der Waals surface area contributed by atoms with Crippen LogP contribution in [0.5, 0.6) is 0 Å². The van der Waals surface area contributed by atoms with Gasteiger partial charge < -0.3 is 9.88 Å². The summed E-state index contributed by atoms with van der Waals surface area (Å²) in [4.78, 5) is 13.0. The van der Waals surface area contributed by atoms with Gasteiger partial charge in [-0.05, 0) is 48.2 Å². The van der Waals surface area contributed by atoms with Crippen LogP contribution in [0.15, 0.2) is 60.3 Å². The molecule has 1 heterocycles. The Morgan fingerprint density at radius 2 is 1.82 bits per heavy atom. The third-order valence-corrected chi connectivity index (χ3v) is 6.68. The van der Waals surface area contributed by atoms with Crippen LogP contribution in [0.4, 0.5) is 0 Å². The van der Waals surface area contributed by atoms with Crippen molar-refractivity contribution in [2.45, 2.75) is 43.8 Å². The van der Waals surface area contributed by atoms with Crippen molar-refractivity contribution in [2.24, 2.45) is 5.92 Å². The molecule has 2 aromatic carbocycles. The van der Waals surface area contributed by atoms with E-state index in [-0.39, 0.29) is 11.9 Å². The summed E-state index contributed by atoms with van der Waals surface area (Å²) in [5.41, 5.74) is 1.49. The number of halogens is 3. The fourth-order valence-electron chi connectivity index (χ4n) is 3.30. The van der Waals surface area contributed by atoms with Crippen molar-refractivity contribution in [3.63, 3.8) is 0 Å². The quantitative estimate of drug-likeness (QED) is 0.225. The van der Waals surface area contributed by atoms with Gasteiger partial charge in [0, 0.05) is 22.3 Å². The van der Waals surface area contributed by atoms with Crippen LogP contribution >= 0.6 is 46.6 Å². The molecule has 33 heavy (non-hydrogen) atoms. The number of carbonyl (C=O) groups excluding carboxylic acids is 1. The molecule has 0 spiro atoms. The SMILES string of the molecule is C=CCn1c(SCc2ccc(Cl)cc2)nnc1[C@H](CC(C)C)NC(=O)c1ccc(Cl)cc1Cl. The number of aromatic nitrogens is 3. The maximum Gasteiger partial charge on any atom is 0.253 e. The molecule has 9 heteroatoms. The molecular weight excluding hydrogens is 499 g/mol. The third-order valence-electron chi connectivity index (χ3n) is 4.84. The Kier molecular flexibility index (Phi) is 9.27. The summed E-state index contributed by atoms with van der Waals surface area (Å²) in [7, 11) is 0.